The van der Waals surface area contributed by atoms with Crippen molar-refractivity contribution in [3.63, 3.8) is 0 Å². The molecule has 0 aromatic rings. The van der Waals surface area contributed by atoms with Crippen LogP contribution >= 0.6 is 0 Å². The number of hydrogen-bond donors (Lipinski definition) is 16. The third kappa shape index (κ3) is 11.0. The summed E-state index contributed by atoms with van der Waals surface area (Å²) in [5.74, 6) is -12.2. The molecule has 0 aromatic heterocycles. The lowest BCUT2D eigenvalue weighted by molar-refractivity contribution is -0.159. The molecular weight excluding hydrogens is 969 g/mol. The van der Waals surface area contributed by atoms with Crippen molar-refractivity contribution in [1.82, 2.24) is 42.5 Å². The monoisotopic (exact) mass is 1040 g/mol. The maximum Gasteiger partial charge on any atom is 0.211 e. The molecule has 24 unspecified atom stereocenters. The van der Waals surface area contributed by atoms with E-state index in [9.17, 15) is 54.1 Å². The van der Waals surface area contributed by atoms with Crippen LogP contribution < -0.4 is 63.1 Å². The van der Waals surface area contributed by atoms with E-state index >= 15 is 0 Å². The average Bonchev–Trinajstić information content (AvgIpc) is 3.96. The molecular formula is C40H76N12O12S4. The van der Waals surface area contributed by atoms with Crippen molar-refractivity contribution in [1.29, 1.82) is 0 Å². The lowest BCUT2D eigenvalue weighted by atomic mass is 9.52. The molecule has 0 spiro atoms. The number of nitrogens with one attached hydrogen (secondary N) is 8. The molecule has 20 N–H and O–H groups in total. The van der Waals surface area contributed by atoms with Gasteiger partial charge in [-0.05, 0) is 110 Å². The van der Waals surface area contributed by atoms with Gasteiger partial charge in [-0.15, -0.1) is 0 Å². The zero-order valence-corrected chi connectivity index (χ0v) is 41.4. The van der Waals surface area contributed by atoms with Crippen LogP contribution in [-0.4, -0.2) is 151 Å². The Morgan fingerprint density at radius 2 is 0.500 bits per heavy atom. The average molecular weight is 1050 g/mol. The third-order valence-electron chi connectivity index (χ3n) is 17.9. The van der Waals surface area contributed by atoms with Crippen molar-refractivity contribution < 1.29 is 54.1 Å². The minimum Gasteiger partial charge on any atom is -0.392 e. The summed E-state index contributed by atoms with van der Waals surface area (Å²) >= 11 is 0. The summed E-state index contributed by atoms with van der Waals surface area (Å²) in [6.07, 6.45) is 0.703. The predicted molar refractivity (Wildman–Crippen MR) is 249 cm³/mol. The van der Waals surface area contributed by atoms with E-state index in [-0.39, 0.29) is 48.3 Å². The van der Waals surface area contributed by atoms with Crippen LogP contribution in [0, 0.1) is 71.0 Å². The SMILES string of the molecule is NS(=O)(=O)CC(O)C1C(C(O)CS(N)(=O)=O)C(C(O)CS(N)(=O)=O)C2C3NC4NC(NC5NC(NC6NC(NC(N3)C2C1C(O)CS(N)(=O)=O)C1CCCCC61)C1CCCCC51)C1CCCCC41. The number of aliphatic hydroxyl groups excluding tert-OH is 4. The summed E-state index contributed by atoms with van der Waals surface area (Å²) < 4.78 is 103. The molecule has 28 heteroatoms. The number of sulfonamides is 4. The van der Waals surface area contributed by atoms with Gasteiger partial charge in [-0.1, -0.05) is 38.5 Å². The Morgan fingerprint density at radius 3 is 0.706 bits per heavy atom. The second-order valence-corrected chi connectivity index (χ2v) is 28.7. The molecule has 5 saturated heterocycles. The second-order valence-electron chi connectivity index (χ2n) is 22.0. The van der Waals surface area contributed by atoms with E-state index in [2.05, 4.69) is 42.5 Å². The molecule has 0 amide bonds. The summed E-state index contributed by atoms with van der Waals surface area (Å²) in [5, 5.41) is 102. The van der Waals surface area contributed by atoms with Crippen molar-refractivity contribution in [2.45, 2.75) is 151 Å². The smallest absolute Gasteiger partial charge is 0.211 e. The highest BCUT2D eigenvalue weighted by atomic mass is 32.2. The molecule has 9 aliphatic rings. The molecule has 4 aliphatic carbocycles. The van der Waals surface area contributed by atoms with E-state index in [4.69, 9.17) is 20.6 Å². The summed E-state index contributed by atoms with van der Waals surface area (Å²) in [6.45, 7) is 0. The number of nitrogens with two attached hydrogens (primary N) is 4. The first kappa shape index (κ1) is 52.0. The maximum atomic E-state index is 13.0. The molecule has 0 aromatic carbocycles. The van der Waals surface area contributed by atoms with Crippen molar-refractivity contribution in [2.24, 2.45) is 91.6 Å². The fourth-order valence-corrected chi connectivity index (χ4v) is 18.6. The van der Waals surface area contributed by atoms with Crippen LogP contribution in [0.5, 0.6) is 0 Å². The van der Waals surface area contributed by atoms with Crippen LogP contribution in [0.15, 0.2) is 0 Å². The van der Waals surface area contributed by atoms with Gasteiger partial charge in [0.05, 0.1) is 96.8 Å². The van der Waals surface area contributed by atoms with Gasteiger partial charge < -0.3 is 20.4 Å². The Balaban J connectivity index is 1.22. The second kappa shape index (κ2) is 19.8. The molecule has 5 aliphatic heterocycles. The number of rotatable bonds is 12. The first-order valence-corrected chi connectivity index (χ1v) is 31.5. The zero-order chi connectivity index (χ0) is 48.8. The molecule has 24 nitrogen and oxygen atoms in total. The Hall–Kier alpha value is -0.840. The van der Waals surface area contributed by atoms with Crippen LogP contribution in [0.2, 0.25) is 0 Å². The lowest BCUT2D eigenvalue weighted by Crippen LogP contribution is -2.66. The van der Waals surface area contributed by atoms with Crippen LogP contribution in [0.3, 0.4) is 0 Å². The van der Waals surface area contributed by atoms with Crippen molar-refractivity contribution in [3.05, 3.63) is 0 Å². The Bertz CT molecular complexity index is 2120. The van der Waals surface area contributed by atoms with E-state index in [0.717, 1.165) is 77.0 Å². The number of primary sulfonamides is 4. The molecule has 5 heterocycles. The van der Waals surface area contributed by atoms with Crippen LogP contribution in [0.1, 0.15) is 77.0 Å². The lowest BCUT2D eigenvalue weighted by Gasteiger charge is -2.56. The Kier molecular flexibility index (Phi) is 15.1. The van der Waals surface area contributed by atoms with Gasteiger partial charge >= 0.3 is 0 Å². The van der Waals surface area contributed by atoms with Crippen LogP contribution in [-0.2, 0) is 40.1 Å². The highest BCUT2D eigenvalue weighted by Crippen LogP contribution is 2.56. The van der Waals surface area contributed by atoms with E-state index < -0.39 is 148 Å². The molecule has 392 valence electrons. The van der Waals surface area contributed by atoms with Crippen LogP contribution in [0.4, 0.5) is 0 Å². The topological polar surface area (TPSA) is 418 Å². The highest BCUT2D eigenvalue weighted by Gasteiger charge is 2.66. The fraction of sp³-hybridized carbons (Fsp3) is 1.00. The van der Waals surface area contributed by atoms with Crippen LogP contribution in [0.25, 0.3) is 0 Å². The van der Waals surface area contributed by atoms with Gasteiger partial charge in [0.15, 0.2) is 0 Å². The standard InChI is InChI=1S/C40H76N12O12S4/c41-65(57,58)13-23(53)27-28(24(54)14-66(42,59)60)30(26(56)16-68(44,63)64)32-31(29(27)25(55)15-67(43,61)62)39-50-37-21-11-5-3-9-19(21)35(48-37)46-33-17-7-1-2-8-18(17)34(45-33)47-36-20-10-4-6-12-22(20)38(49-36)51-40(32)52-39/h17-40,45-56H,1-16H2,(H2,41,57,58)(H2,42,59,60)(H2,43,61,62)(H2,44,63,64). The summed E-state index contributed by atoms with van der Waals surface area (Å²) in [6, 6.07) is 0. The van der Waals surface area contributed by atoms with Gasteiger partial charge in [0.25, 0.3) is 0 Å². The molecule has 4 saturated carbocycles. The molecule has 24 atom stereocenters. The van der Waals surface area contributed by atoms with Gasteiger partial charge in [0.2, 0.25) is 40.1 Å². The molecule has 8 bridgehead atoms. The molecule has 0 radical (unpaired) electrons. The van der Waals surface area contributed by atoms with Crippen molar-refractivity contribution in [3.8, 4) is 0 Å². The van der Waals surface area contributed by atoms with E-state index in [1.807, 2.05) is 0 Å². The summed E-state index contributed by atoms with van der Waals surface area (Å²) in [4.78, 5) is 0. The van der Waals surface area contributed by atoms with Crippen molar-refractivity contribution in [2.75, 3.05) is 23.0 Å². The molecule has 9 fully saturated rings. The Morgan fingerprint density at radius 1 is 0.324 bits per heavy atom. The minimum absolute atomic E-state index is 0.0132. The molecule has 9 rings (SSSR count). The van der Waals surface area contributed by atoms with Gasteiger partial charge in [-0.25, -0.2) is 54.2 Å². The van der Waals surface area contributed by atoms with E-state index in [1.165, 1.54) is 0 Å². The van der Waals surface area contributed by atoms with Crippen molar-refractivity contribution >= 4 is 40.1 Å². The maximum absolute atomic E-state index is 13.0. The fourth-order valence-electron chi connectivity index (χ4n) is 15.8. The quantitative estimate of drug-likeness (QED) is 0.0865. The number of hydrogen-bond acceptors (Lipinski definition) is 20. The third-order valence-corrected chi connectivity index (χ3v) is 21.1. The normalized spacial score (nSPS) is 46.1. The van der Waals surface area contributed by atoms with E-state index in [1.54, 1.807) is 0 Å². The zero-order valence-electron chi connectivity index (χ0n) is 38.2. The Labute approximate surface area is 400 Å². The summed E-state index contributed by atoms with van der Waals surface area (Å²) in [5.41, 5.74) is 0. The number of fused-ring (bicyclic) bond motifs is 20. The highest BCUT2D eigenvalue weighted by molar-refractivity contribution is 7.89. The summed E-state index contributed by atoms with van der Waals surface area (Å²) in [7, 11) is -18.3. The van der Waals surface area contributed by atoms with Gasteiger partial charge in [0, 0.05) is 0 Å². The van der Waals surface area contributed by atoms with Gasteiger partial charge in [-0.2, -0.15) is 0 Å². The minimum atomic E-state index is -4.60. The first-order valence-electron chi connectivity index (χ1n) is 24.7. The van der Waals surface area contributed by atoms with E-state index in [0.29, 0.717) is 11.8 Å². The van der Waals surface area contributed by atoms with Gasteiger partial charge in [-0.3, -0.25) is 42.5 Å². The predicted octanol–water partition coefficient (Wildman–Crippen LogP) is -5.89. The number of aliphatic hydroxyl groups is 4. The van der Waals surface area contributed by atoms with Gasteiger partial charge in [0.1, 0.15) is 0 Å². The molecule has 68 heavy (non-hydrogen) atoms. The largest absolute Gasteiger partial charge is 0.392 e. The first-order chi connectivity index (χ1) is 31.8.